The first kappa shape index (κ1) is 14.2. The molecule has 1 aromatic rings. The average molecular weight is 427 g/mol. The summed E-state index contributed by atoms with van der Waals surface area (Å²) in [7, 11) is 0. The molecule has 0 aliphatic heterocycles. The van der Waals surface area contributed by atoms with Crippen molar-refractivity contribution in [3.8, 4) is 0 Å². The van der Waals surface area contributed by atoms with Crippen molar-refractivity contribution in [3.05, 3.63) is 31.9 Å². The molecule has 1 rings (SSSR count). The predicted molar refractivity (Wildman–Crippen MR) is 67.3 cm³/mol. The van der Waals surface area contributed by atoms with E-state index in [1.807, 2.05) is 0 Å². The van der Waals surface area contributed by atoms with Crippen molar-refractivity contribution in [1.82, 2.24) is 0 Å². The fourth-order valence-electron chi connectivity index (χ4n) is 1.15. The second kappa shape index (κ2) is 5.22. The van der Waals surface area contributed by atoms with E-state index in [-0.39, 0.29) is 19.5 Å². The van der Waals surface area contributed by atoms with Crippen LogP contribution in [0.1, 0.15) is 15.9 Å². The quantitative estimate of drug-likeness (QED) is 0.385. The molecular formula is C9H4BrClF3IO. The first-order chi connectivity index (χ1) is 7.27. The molecule has 0 amide bonds. The Kier molecular flexibility index (Phi) is 4.65. The molecule has 0 bridgehead atoms. The van der Waals surface area contributed by atoms with Gasteiger partial charge in [-0.2, -0.15) is 13.2 Å². The molecule has 0 atom stereocenters. The third kappa shape index (κ3) is 3.10. The normalized spacial score (nSPS) is 11.6. The average Bonchev–Trinajstić information content (AvgIpc) is 2.14. The highest BCUT2D eigenvalue weighted by molar-refractivity contribution is 14.1. The van der Waals surface area contributed by atoms with Gasteiger partial charge in [-0.3, -0.25) is 4.79 Å². The highest BCUT2D eigenvalue weighted by Gasteiger charge is 2.36. The standard InChI is InChI=1S/C9H4BrClF3IO/c10-3-7(16)8-5(9(12,13)14)1-4(11)2-6(8)15/h1-2H,3H2. The minimum absolute atomic E-state index is 0.0390. The molecule has 0 aliphatic rings. The van der Waals surface area contributed by atoms with E-state index in [1.165, 1.54) is 6.07 Å². The lowest BCUT2D eigenvalue weighted by Gasteiger charge is -2.13. The van der Waals surface area contributed by atoms with Crippen molar-refractivity contribution >= 4 is 55.9 Å². The summed E-state index contributed by atoms with van der Waals surface area (Å²) < 4.78 is 38.2. The highest BCUT2D eigenvalue weighted by atomic mass is 127. The molecule has 1 nitrogen and oxygen atoms in total. The van der Waals surface area contributed by atoms with Crippen LogP contribution in [0.3, 0.4) is 0 Å². The van der Waals surface area contributed by atoms with E-state index in [0.717, 1.165) is 6.07 Å². The van der Waals surface area contributed by atoms with Crippen LogP contribution in [0, 0.1) is 3.57 Å². The van der Waals surface area contributed by atoms with Crippen molar-refractivity contribution in [2.75, 3.05) is 5.33 Å². The van der Waals surface area contributed by atoms with Gasteiger partial charge in [0.05, 0.1) is 10.9 Å². The second-order valence-corrected chi connectivity index (χ2v) is 5.02. The van der Waals surface area contributed by atoms with E-state index >= 15 is 0 Å². The third-order valence-corrected chi connectivity index (χ3v) is 3.34. The van der Waals surface area contributed by atoms with Crippen molar-refractivity contribution in [2.45, 2.75) is 6.18 Å². The van der Waals surface area contributed by atoms with Gasteiger partial charge in [-0.05, 0) is 34.7 Å². The lowest BCUT2D eigenvalue weighted by atomic mass is 10.0. The maximum absolute atomic E-state index is 12.7. The maximum Gasteiger partial charge on any atom is 0.417 e. The largest absolute Gasteiger partial charge is 0.417 e. The van der Waals surface area contributed by atoms with Gasteiger partial charge in [0.2, 0.25) is 0 Å². The molecule has 0 fully saturated rings. The van der Waals surface area contributed by atoms with Gasteiger partial charge in [0, 0.05) is 14.2 Å². The Bertz CT molecular complexity index is 433. The molecule has 0 aliphatic carbocycles. The van der Waals surface area contributed by atoms with Crippen LogP contribution in [0.15, 0.2) is 12.1 Å². The van der Waals surface area contributed by atoms with E-state index in [0.29, 0.717) is 0 Å². The van der Waals surface area contributed by atoms with E-state index in [1.54, 1.807) is 22.6 Å². The number of benzene rings is 1. The number of hydrogen-bond acceptors (Lipinski definition) is 1. The van der Waals surface area contributed by atoms with Crippen LogP contribution < -0.4 is 0 Å². The van der Waals surface area contributed by atoms with Gasteiger partial charge in [0.1, 0.15) is 0 Å². The smallest absolute Gasteiger partial charge is 0.293 e. The third-order valence-electron chi connectivity index (χ3n) is 1.76. The van der Waals surface area contributed by atoms with Gasteiger partial charge in [0.15, 0.2) is 5.78 Å². The van der Waals surface area contributed by atoms with Crippen LogP contribution in [0.2, 0.25) is 5.02 Å². The molecule has 0 heterocycles. The van der Waals surface area contributed by atoms with Crippen LogP contribution >= 0.6 is 50.1 Å². The number of ketones is 1. The van der Waals surface area contributed by atoms with Gasteiger partial charge in [0.25, 0.3) is 0 Å². The van der Waals surface area contributed by atoms with Crippen molar-refractivity contribution in [3.63, 3.8) is 0 Å². The number of hydrogen-bond donors (Lipinski definition) is 0. The number of alkyl halides is 4. The maximum atomic E-state index is 12.7. The van der Waals surface area contributed by atoms with Gasteiger partial charge in [-0.25, -0.2) is 0 Å². The van der Waals surface area contributed by atoms with Gasteiger partial charge in [-0.15, -0.1) is 0 Å². The predicted octanol–water partition coefficient (Wildman–Crippen LogP) is 4.54. The summed E-state index contributed by atoms with van der Waals surface area (Å²) in [6.07, 6.45) is -4.59. The molecule has 0 aromatic heterocycles. The number of rotatable bonds is 2. The molecule has 88 valence electrons. The number of halogens is 6. The lowest BCUT2D eigenvalue weighted by molar-refractivity contribution is -0.137. The Labute approximate surface area is 117 Å². The highest BCUT2D eigenvalue weighted by Crippen LogP contribution is 2.36. The van der Waals surface area contributed by atoms with Gasteiger partial charge < -0.3 is 0 Å². The van der Waals surface area contributed by atoms with Crippen molar-refractivity contribution in [1.29, 1.82) is 0 Å². The molecule has 0 saturated carbocycles. The molecule has 1 aromatic carbocycles. The van der Waals surface area contributed by atoms with Gasteiger partial charge >= 0.3 is 6.18 Å². The minimum Gasteiger partial charge on any atom is -0.293 e. The van der Waals surface area contributed by atoms with Crippen molar-refractivity contribution < 1.29 is 18.0 Å². The summed E-state index contributed by atoms with van der Waals surface area (Å²) in [5.41, 5.74) is -1.33. The Morgan fingerprint density at radius 3 is 2.44 bits per heavy atom. The molecule has 0 radical (unpaired) electrons. The summed E-state index contributed by atoms with van der Waals surface area (Å²) in [6, 6.07) is 2.09. The SMILES string of the molecule is O=C(CBr)c1c(I)cc(Cl)cc1C(F)(F)F. The number of carbonyl (C=O) groups excluding carboxylic acids is 1. The first-order valence-corrected chi connectivity index (χ1v) is 6.50. The van der Waals surface area contributed by atoms with Crippen LogP contribution in [-0.4, -0.2) is 11.1 Å². The zero-order chi connectivity index (χ0) is 12.5. The fraction of sp³-hybridized carbons (Fsp3) is 0.222. The Morgan fingerprint density at radius 1 is 1.44 bits per heavy atom. The second-order valence-electron chi connectivity index (χ2n) is 2.86. The Morgan fingerprint density at radius 2 is 2.00 bits per heavy atom. The molecule has 0 N–H and O–H groups in total. The topological polar surface area (TPSA) is 17.1 Å². The Balaban J connectivity index is 3.51. The molecule has 16 heavy (non-hydrogen) atoms. The van der Waals surface area contributed by atoms with E-state index < -0.39 is 17.5 Å². The fourth-order valence-corrected chi connectivity index (χ4v) is 2.76. The minimum atomic E-state index is -4.59. The van der Waals surface area contributed by atoms with E-state index in [2.05, 4.69) is 15.9 Å². The van der Waals surface area contributed by atoms with Crippen LogP contribution in [0.4, 0.5) is 13.2 Å². The first-order valence-electron chi connectivity index (χ1n) is 3.92. The summed E-state index contributed by atoms with van der Waals surface area (Å²) >= 11 is 10.1. The molecule has 0 spiro atoms. The summed E-state index contributed by atoms with van der Waals surface area (Å²) in [4.78, 5) is 11.4. The van der Waals surface area contributed by atoms with Crippen molar-refractivity contribution in [2.24, 2.45) is 0 Å². The van der Waals surface area contributed by atoms with E-state index in [4.69, 9.17) is 11.6 Å². The van der Waals surface area contributed by atoms with Crippen LogP contribution in [0.5, 0.6) is 0 Å². The monoisotopic (exact) mass is 426 g/mol. The zero-order valence-electron chi connectivity index (χ0n) is 7.54. The van der Waals surface area contributed by atoms with E-state index in [9.17, 15) is 18.0 Å². The Hall–Kier alpha value is 0.180. The number of Topliss-reactive ketones (excluding diaryl/α,β-unsaturated/α-hetero) is 1. The molecule has 0 saturated heterocycles. The van der Waals surface area contributed by atoms with Crippen LogP contribution in [0.25, 0.3) is 0 Å². The molecule has 7 heteroatoms. The summed E-state index contributed by atoms with van der Waals surface area (Å²) in [5, 5.41) is -0.198. The molecule has 0 unspecified atom stereocenters. The van der Waals surface area contributed by atoms with Crippen LogP contribution in [-0.2, 0) is 6.18 Å². The number of carbonyl (C=O) groups is 1. The summed E-state index contributed by atoms with van der Waals surface area (Å²) in [6.45, 7) is 0. The lowest BCUT2D eigenvalue weighted by Crippen LogP contribution is -2.15. The van der Waals surface area contributed by atoms with Gasteiger partial charge in [-0.1, -0.05) is 27.5 Å². The summed E-state index contributed by atoms with van der Waals surface area (Å²) in [5.74, 6) is -0.617. The zero-order valence-corrected chi connectivity index (χ0v) is 12.0. The molecular weight excluding hydrogens is 423 g/mol.